The van der Waals surface area contributed by atoms with Gasteiger partial charge in [-0.15, -0.1) is 24.8 Å². The maximum atomic E-state index is 13.9. The van der Waals surface area contributed by atoms with Crippen LogP contribution in [0.2, 0.25) is 0 Å². The molecule has 168 valence electrons. The third kappa shape index (κ3) is 4.69. The van der Waals surface area contributed by atoms with Crippen molar-refractivity contribution in [1.29, 1.82) is 0 Å². The molecule has 3 saturated heterocycles. The van der Waals surface area contributed by atoms with Gasteiger partial charge in [0.1, 0.15) is 5.82 Å². The number of benzene rings is 2. The van der Waals surface area contributed by atoms with Crippen molar-refractivity contribution in [2.75, 3.05) is 37.6 Å². The van der Waals surface area contributed by atoms with Gasteiger partial charge in [-0.2, -0.15) is 0 Å². The van der Waals surface area contributed by atoms with Gasteiger partial charge in [0.25, 0.3) is 5.91 Å². The minimum atomic E-state index is -0.241. The van der Waals surface area contributed by atoms with Gasteiger partial charge in [-0.3, -0.25) is 4.79 Å². The number of hydrogen-bond donors (Lipinski definition) is 1. The zero-order valence-electron chi connectivity index (χ0n) is 17.5. The quantitative estimate of drug-likeness (QED) is 0.713. The molecular weight excluding hydrogens is 436 g/mol. The fraction of sp³-hybridized carbons (Fsp3) is 0.458. The second kappa shape index (κ2) is 10.2. The first-order valence-electron chi connectivity index (χ1n) is 10.8. The first-order chi connectivity index (χ1) is 14.2. The van der Waals surface area contributed by atoms with Crippen molar-refractivity contribution in [3.8, 4) is 0 Å². The summed E-state index contributed by atoms with van der Waals surface area (Å²) in [5, 5.41) is 3.44. The van der Waals surface area contributed by atoms with E-state index in [2.05, 4.69) is 22.3 Å². The Morgan fingerprint density at radius 3 is 2.42 bits per heavy atom. The molecule has 2 aromatic carbocycles. The van der Waals surface area contributed by atoms with E-state index in [0.717, 1.165) is 43.9 Å². The molecule has 3 heterocycles. The normalized spacial score (nSPS) is 24.9. The van der Waals surface area contributed by atoms with E-state index in [1.807, 2.05) is 23.1 Å². The van der Waals surface area contributed by atoms with Crippen LogP contribution in [0, 0.1) is 17.7 Å². The standard InChI is InChI=1S/C24H28FN3O.2ClH/c25-20-6-4-5-18(13-20)23-22-15-26-14-19(22)16-28(23)24(29)17-7-9-21(10-8-17)27-11-2-1-3-12-27;;/h4-10,13,19,22-23,26H,1-3,11-12,14-16H2;2*1H/t19-,22-,23-;;/m0../s1. The molecule has 0 spiro atoms. The van der Waals surface area contributed by atoms with Gasteiger partial charge in [-0.25, -0.2) is 4.39 Å². The van der Waals surface area contributed by atoms with Gasteiger partial charge < -0.3 is 15.1 Å². The molecule has 1 N–H and O–H groups in total. The van der Waals surface area contributed by atoms with Crippen LogP contribution in [0.3, 0.4) is 0 Å². The van der Waals surface area contributed by atoms with Crippen LogP contribution in [0.4, 0.5) is 10.1 Å². The van der Waals surface area contributed by atoms with Gasteiger partial charge >= 0.3 is 0 Å². The summed E-state index contributed by atoms with van der Waals surface area (Å²) in [7, 11) is 0. The number of halogens is 3. The molecule has 3 aliphatic rings. The van der Waals surface area contributed by atoms with Crippen LogP contribution in [0.5, 0.6) is 0 Å². The van der Waals surface area contributed by atoms with Gasteiger partial charge in [0.2, 0.25) is 0 Å². The second-order valence-electron chi connectivity index (χ2n) is 8.63. The summed E-state index contributed by atoms with van der Waals surface area (Å²) in [6.07, 6.45) is 3.78. The fourth-order valence-corrected chi connectivity index (χ4v) is 5.38. The summed E-state index contributed by atoms with van der Waals surface area (Å²) < 4.78 is 13.9. The highest BCUT2D eigenvalue weighted by molar-refractivity contribution is 5.95. The molecule has 0 unspecified atom stereocenters. The SMILES string of the molecule is Cl.Cl.O=C(c1ccc(N2CCCCC2)cc1)N1C[C@@H]2CNC[C@@H]2[C@@H]1c1cccc(F)c1. The molecule has 3 aliphatic heterocycles. The van der Waals surface area contributed by atoms with Crippen LogP contribution in [0.25, 0.3) is 0 Å². The molecule has 2 aromatic rings. The van der Waals surface area contributed by atoms with Gasteiger partial charge in [-0.1, -0.05) is 12.1 Å². The molecule has 0 aromatic heterocycles. The number of piperidine rings is 1. The fourth-order valence-electron chi connectivity index (χ4n) is 5.38. The zero-order chi connectivity index (χ0) is 19.8. The largest absolute Gasteiger partial charge is 0.372 e. The monoisotopic (exact) mass is 465 g/mol. The van der Waals surface area contributed by atoms with Crippen LogP contribution in [0.1, 0.15) is 41.2 Å². The molecule has 5 rings (SSSR count). The zero-order valence-corrected chi connectivity index (χ0v) is 19.1. The molecule has 4 nitrogen and oxygen atoms in total. The van der Waals surface area contributed by atoms with E-state index < -0.39 is 0 Å². The van der Waals surface area contributed by atoms with E-state index in [9.17, 15) is 9.18 Å². The lowest BCUT2D eigenvalue weighted by Gasteiger charge is -2.30. The van der Waals surface area contributed by atoms with E-state index in [4.69, 9.17) is 0 Å². The molecule has 3 atom stereocenters. The Labute approximate surface area is 196 Å². The average Bonchev–Trinajstić information content (AvgIpc) is 3.35. The van der Waals surface area contributed by atoms with Crippen molar-refractivity contribution in [3.63, 3.8) is 0 Å². The van der Waals surface area contributed by atoms with Crippen LogP contribution in [0.15, 0.2) is 48.5 Å². The molecular formula is C24H30Cl2FN3O. The summed E-state index contributed by atoms with van der Waals surface area (Å²) in [5.74, 6) is 0.585. The summed E-state index contributed by atoms with van der Waals surface area (Å²) in [4.78, 5) is 17.8. The lowest BCUT2D eigenvalue weighted by molar-refractivity contribution is 0.0714. The number of fused-ring (bicyclic) bond motifs is 1. The summed E-state index contributed by atoms with van der Waals surface area (Å²) in [6.45, 7) is 4.72. The second-order valence-corrected chi connectivity index (χ2v) is 8.63. The summed E-state index contributed by atoms with van der Waals surface area (Å²) in [5.41, 5.74) is 2.82. The maximum absolute atomic E-state index is 13.9. The number of amides is 1. The lowest BCUT2D eigenvalue weighted by Crippen LogP contribution is -2.34. The van der Waals surface area contributed by atoms with E-state index in [1.54, 1.807) is 12.1 Å². The van der Waals surface area contributed by atoms with Crippen LogP contribution in [-0.2, 0) is 0 Å². The highest BCUT2D eigenvalue weighted by Crippen LogP contribution is 2.43. The van der Waals surface area contributed by atoms with Gasteiger partial charge in [-0.05, 0) is 67.1 Å². The number of hydrogen-bond acceptors (Lipinski definition) is 3. The molecule has 3 fully saturated rings. The predicted molar refractivity (Wildman–Crippen MR) is 127 cm³/mol. The first-order valence-corrected chi connectivity index (χ1v) is 10.8. The molecule has 7 heteroatoms. The number of nitrogens with one attached hydrogen (secondary N) is 1. The van der Waals surface area contributed by atoms with Crippen molar-refractivity contribution in [3.05, 3.63) is 65.5 Å². The predicted octanol–water partition coefficient (Wildman–Crippen LogP) is 4.69. The average molecular weight is 466 g/mol. The smallest absolute Gasteiger partial charge is 0.254 e. The van der Waals surface area contributed by atoms with Gasteiger partial charge in [0, 0.05) is 49.9 Å². The third-order valence-electron chi connectivity index (χ3n) is 6.85. The number of nitrogens with zero attached hydrogens (tertiary/aromatic N) is 2. The number of rotatable bonds is 3. The van der Waals surface area contributed by atoms with Crippen LogP contribution >= 0.6 is 24.8 Å². The Hall–Kier alpha value is -1.82. The Kier molecular flexibility index (Phi) is 7.84. The van der Waals surface area contributed by atoms with Crippen molar-refractivity contribution < 1.29 is 9.18 Å². The summed E-state index contributed by atoms with van der Waals surface area (Å²) >= 11 is 0. The Bertz CT molecular complexity index is 889. The first kappa shape index (κ1) is 23.8. The highest BCUT2D eigenvalue weighted by Gasteiger charge is 2.46. The number of carbonyl (C=O) groups is 1. The third-order valence-corrected chi connectivity index (χ3v) is 6.85. The van der Waals surface area contributed by atoms with Crippen molar-refractivity contribution >= 4 is 36.4 Å². The summed E-state index contributed by atoms with van der Waals surface area (Å²) in [6, 6.07) is 14.8. The van der Waals surface area contributed by atoms with Crippen LogP contribution in [-0.4, -0.2) is 43.5 Å². The number of carbonyl (C=O) groups excluding carboxylic acids is 1. The van der Waals surface area contributed by atoms with Crippen molar-refractivity contribution in [2.24, 2.45) is 11.8 Å². The van der Waals surface area contributed by atoms with E-state index in [0.29, 0.717) is 11.8 Å². The minimum Gasteiger partial charge on any atom is -0.372 e. The molecule has 0 bridgehead atoms. The Balaban J connectivity index is 0.00000136. The lowest BCUT2D eigenvalue weighted by atomic mass is 9.89. The van der Waals surface area contributed by atoms with E-state index in [1.165, 1.54) is 31.0 Å². The topological polar surface area (TPSA) is 35.6 Å². The number of likely N-dealkylation sites (tertiary alicyclic amines) is 1. The van der Waals surface area contributed by atoms with Gasteiger partial charge in [0.15, 0.2) is 0 Å². The molecule has 0 saturated carbocycles. The molecule has 31 heavy (non-hydrogen) atoms. The highest BCUT2D eigenvalue weighted by atomic mass is 35.5. The molecule has 1 amide bonds. The van der Waals surface area contributed by atoms with Crippen molar-refractivity contribution in [2.45, 2.75) is 25.3 Å². The van der Waals surface area contributed by atoms with E-state index >= 15 is 0 Å². The van der Waals surface area contributed by atoms with Crippen LogP contribution < -0.4 is 10.2 Å². The van der Waals surface area contributed by atoms with E-state index in [-0.39, 0.29) is 42.6 Å². The molecule has 0 aliphatic carbocycles. The van der Waals surface area contributed by atoms with Crippen molar-refractivity contribution in [1.82, 2.24) is 10.2 Å². The van der Waals surface area contributed by atoms with Gasteiger partial charge in [0.05, 0.1) is 6.04 Å². The maximum Gasteiger partial charge on any atom is 0.254 e. The Morgan fingerprint density at radius 2 is 1.71 bits per heavy atom. The minimum absolute atomic E-state index is 0. The number of anilines is 1. The molecule has 0 radical (unpaired) electrons. The Morgan fingerprint density at radius 1 is 0.968 bits per heavy atom.